The van der Waals surface area contributed by atoms with Crippen molar-refractivity contribution in [3.05, 3.63) is 50.1 Å². The van der Waals surface area contributed by atoms with E-state index in [9.17, 15) is 23.1 Å². The lowest BCUT2D eigenvalue weighted by Crippen LogP contribution is -2.33. The topological polar surface area (TPSA) is 129 Å². The van der Waals surface area contributed by atoms with Crippen molar-refractivity contribution in [1.82, 2.24) is 15.1 Å². The minimum atomic E-state index is -3.62. The molecule has 2 heterocycles. The summed E-state index contributed by atoms with van der Waals surface area (Å²) < 4.78 is 30.3. The molecule has 0 radical (unpaired) electrons. The van der Waals surface area contributed by atoms with E-state index in [1.54, 1.807) is 19.2 Å². The van der Waals surface area contributed by atoms with Gasteiger partial charge in [0, 0.05) is 25.7 Å². The number of thiophene rings is 1. The Bertz CT molecular complexity index is 1200. The van der Waals surface area contributed by atoms with Crippen molar-refractivity contribution >= 4 is 62.2 Å². The van der Waals surface area contributed by atoms with E-state index in [4.69, 9.17) is 27.9 Å². The molecule has 2 amide bonds. The van der Waals surface area contributed by atoms with Gasteiger partial charge in [-0.25, -0.2) is 13.2 Å². The lowest BCUT2D eigenvalue weighted by Gasteiger charge is -2.18. The third-order valence-electron chi connectivity index (χ3n) is 5.03. The van der Waals surface area contributed by atoms with Crippen molar-refractivity contribution in [1.29, 1.82) is 0 Å². The predicted octanol–water partition coefficient (Wildman–Crippen LogP) is 2.79. The van der Waals surface area contributed by atoms with Gasteiger partial charge in [0.15, 0.2) is 9.84 Å². The number of hydrogen-bond donors (Lipinski definition) is 2. The molecule has 0 atom stereocenters. The molecule has 1 aromatic carbocycles. The summed E-state index contributed by atoms with van der Waals surface area (Å²) in [5.74, 6) is -0.145. The first-order chi connectivity index (χ1) is 16.6. The highest BCUT2D eigenvalue weighted by atomic mass is 35.5. The first kappa shape index (κ1) is 27.4. The van der Waals surface area contributed by atoms with E-state index in [1.165, 1.54) is 15.9 Å². The van der Waals surface area contributed by atoms with E-state index in [-0.39, 0.29) is 40.8 Å². The van der Waals surface area contributed by atoms with Crippen LogP contribution in [0.3, 0.4) is 0 Å². The monoisotopic (exact) mass is 562 g/mol. The number of carbonyl (C=O) groups excluding carboxylic acids is 1. The Morgan fingerprint density at radius 2 is 2.00 bits per heavy atom. The number of ether oxygens (including phenoxy) is 1. The van der Waals surface area contributed by atoms with Gasteiger partial charge in [0.2, 0.25) is 5.91 Å². The fourth-order valence-electron chi connectivity index (χ4n) is 3.24. The largest absolute Gasteiger partial charge is 0.465 e. The third kappa shape index (κ3) is 7.38. The van der Waals surface area contributed by atoms with Crippen LogP contribution in [0, 0.1) is 0 Å². The highest BCUT2D eigenvalue weighted by molar-refractivity contribution is 7.91. The van der Waals surface area contributed by atoms with Crippen LogP contribution in [0.1, 0.15) is 11.1 Å². The number of nitrogens with one attached hydrogen (secondary N) is 1. The van der Waals surface area contributed by atoms with E-state index in [1.807, 2.05) is 12.1 Å². The molecule has 0 saturated carbocycles. The molecule has 10 nitrogen and oxygen atoms in total. The molecule has 1 aliphatic heterocycles. The average Bonchev–Trinajstić information content (AvgIpc) is 3.43. The molecular weight excluding hydrogens is 539 g/mol. The fraction of sp³-hybridized carbons (Fsp3) is 0.381. The molecule has 0 spiro atoms. The number of carboxylic acid groups (broad SMARTS) is 1. The summed E-state index contributed by atoms with van der Waals surface area (Å²) in [6.45, 7) is 1.34. The average molecular weight is 563 g/mol. The maximum absolute atomic E-state index is 12.3. The molecule has 35 heavy (non-hydrogen) atoms. The predicted molar refractivity (Wildman–Crippen MR) is 134 cm³/mol. The highest BCUT2D eigenvalue weighted by Crippen LogP contribution is 2.34. The lowest BCUT2D eigenvalue weighted by atomic mass is 10.1. The van der Waals surface area contributed by atoms with Crippen LogP contribution in [0.2, 0.25) is 8.67 Å². The van der Waals surface area contributed by atoms with Gasteiger partial charge < -0.3 is 20.1 Å². The number of sulfone groups is 1. The SMILES string of the molecule is CN(Cc1ccc(C2=NCCN2C(=O)O)cc1)C(=O)COCCNCS(=O)(=O)c1cc(Cl)sc1Cl. The minimum Gasteiger partial charge on any atom is -0.465 e. The van der Waals surface area contributed by atoms with Crippen LogP contribution in [0.4, 0.5) is 4.79 Å². The number of amidine groups is 1. The Morgan fingerprint density at radius 1 is 1.29 bits per heavy atom. The molecule has 0 bridgehead atoms. The number of amides is 2. The van der Waals surface area contributed by atoms with E-state index >= 15 is 0 Å². The van der Waals surface area contributed by atoms with Gasteiger partial charge in [0.05, 0.1) is 28.9 Å². The van der Waals surface area contributed by atoms with Crippen LogP contribution in [0.15, 0.2) is 40.2 Å². The Balaban J connectivity index is 1.38. The maximum Gasteiger partial charge on any atom is 0.413 e. The van der Waals surface area contributed by atoms with E-state index in [0.29, 0.717) is 35.4 Å². The summed E-state index contributed by atoms with van der Waals surface area (Å²) >= 11 is 12.7. The zero-order chi connectivity index (χ0) is 25.6. The fourth-order valence-corrected chi connectivity index (χ4v) is 6.62. The Labute approximate surface area is 217 Å². The van der Waals surface area contributed by atoms with Gasteiger partial charge in [0.1, 0.15) is 22.7 Å². The second-order valence-corrected chi connectivity index (χ2v) is 11.8. The number of likely N-dealkylation sites (N-methyl/N-ethyl adjacent to an activating group) is 1. The van der Waals surface area contributed by atoms with Crippen LogP contribution in [-0.4, -0.2) is 86.9 Å². The van der Waals surface area contributed by atoms with Crippen LogP contribution in [0.25, 0.3) is 0 Å². The van der Waals surface area contributed by atoms with Crippen molar-refractivity contribution in [2.75, 3.05) is 45.8 Å². The van der Waals surface area contributed by atoms with Crippen LogP contribution >= 0.6 is 34.5 Å². The molecule has 14 heteroatoms. The maximum atomic E-state index is 12.3. The zero-order valence-electron chi connectivity index (χ0n) is 18.7. The van der Waals surface area contributed by atoms with E-state index in [0.717, 1.165) is 16.9 Å². The van der Waals surface area contributed by atoms with Crippen LogP contribution in [0.5, 0.6) is 0 Å². The summed E-state index contributed by atoms with van der Waals surface area (Å²) in [6, 6.07) is 8.51. The number of halogens is 2. The second kappa shape index (κ2) is 12.2. The van der Waals surface area contributed by atoms with Crippen molar-refractivity contribution < 1.29 is 27.9 Å². The number of benzene rings is 1. The molecule has 2 aromatic rings. The normalized spacial score (nSPS) is 13.7. The van der Waals surface area contributed by atoms with Crippen LogP contribution in [-0.2, 0) is 25.9 Å². The molecule has 190 valence electrons. The summed E-state index contributed by atoms with van der Waals surface area (Å²) in [5, 5.41) is 12.0. The minimum absolute atomic E-state index is 0.0112. The molecule has 0 unspecified atom stereocenters. The van der Waals surface area contributed by atoms with Gasteiger partial charge in [0.25, 0.3) is 0 Å². The van der Waals surface area contributed by atoms with Crippen LogP contribution < -0.4 is 5.32 Å². The number of aliphatic imine (C=N–C) groups is 1. The number of carbonyl (C=O) groups is 2. The summed E-state index contributed by atoms with van der Waals surface area (Å²) in [6.07, 6.45) is -1.04. The smallest absolute Gasteiger partial charge is 0.413 e. The summed E-state index contributed by atoms with van der Waals surface area (Å²) in [5.41, 5.74) is 1.56. The van der Waals surface area contributed by atoms with Crippen molar-refractivity contribution in [3.8, 4) is 0 Å². The Morgan fingerprint density at radius 3 is 2.63 bits per heavy atom. The Hall–Kier alpha value is -2.22. The van der Waals surface area contributed by atoms with Gasteiger partial charge >= 0.3 is 6.09 Å². The number of rotatable bonds is 11. The molecule has 2 N–H and O–H groups in total. The molecule has 0 saturated heterocycles. The zero-order valence-corrected chi connectivity index (χ0v) is 21.9. The molecular formula is C21H24Cl2N4O6S2. The molecule has 1 aliphatic rings. The third-order valence-corrected chi connectivity index (χ3v) is 8.34. The first-order valence-electron chi connectivity index (χ1n) is 10.4. The first-order valence-corrected chi connectivity index (χ1v) is 13.6. The summed E-state index contributed by atoms with van der Waals surface area (Å²) in [4.78, 5) is 30.6. The summed E-state index contributed by atoms with van der Waals surface area (Å²) in [7, 11) is -1.98. The number of nitrogens with zero attached hydrogens (tertiary/aromatic N) is 3. The standard InChI is InChI=1S/C21H24Cl2N4O6S2/c1-26(11-14-2-4-15(5-3-14)20-25-6-8-27(20)21(29)30)18(28)12-33-9-7-24-13-35(31,32)16-10-17(22)34-19(16)23/h2-5,10,24H,6-9,11-13H2,1H3,(H,29,30). The molecule has 0 fully saturated rings. The van der Waals surface area contributed by atoms with Gasteiger partial charge in [-0.15, -0.1) is 11.3 Å². The number of hydrogen-bond acceptors (Lipinski definition) is 8. The van der Waals surface area contributed by atoms with Crippen molar-refractivity contribution in [2.45, 2.75) is 11.4 Å². The second-order valence-electron chi connectivity index (χ2n) is 7.59. The van der Waals surface area contributed by atoms with Gasteiger partial charge in [-0.2, -0.15) is 0 Å². The van der Waals surface area contributed by atoms with Crippen molar-refractivity contribution in [3.63, 3.8) is 0 Å². The lowest BCUT2D eigenvalue weighted by molar-refractivity contribution is -0.135. The molecule has 1 aromatic heterocycles. The van der Waals surface area contributed by atoms with Gasteiger partial charge in [-0.1, -0.05) is 47.5 Å². The van der Waals surface area contributed by atoms with Gasteiger partial charge in [-0.3, -0.25) is 14.7 Å². The van der Waals surface area contributed by atoms with E-state index < -0.39 is 15.9 Å². The van der Waals surface area contributed by atoms with E-state index in [2.05, 4.69) is 10.3 Å². The van der Waals surface area contributed by atoms with Gasteiger partial charge in [-0.05, 0) is 11.6 Å². The Kier molecular flexibility index (Phi) is 9.50. The quantitative estimate of drug-likeness (QED) is 0.403. The van der Waals surface area contributed by atoms with Crippen molar-refractivity contribution in [2.24, 2.45) is 4.99 Å². The molecule has 0 aliphatic carbocycles. The molecule has 3 rings (SSSR count). The highest BCUT2D eigenvalue weighted by Gasteiger charge is 2.24.